The minimum atomic E-state index is -0.0594. The van der Waals surface area contributed by atoms with Crippen LogP contribution in [-0.2, 0) is 0 Å². The zero-order valence-corrected chi connectivity index (χ0v) is 11.3. The number of aryl methyl sites for hydroxylation is 1. The Morgan fingerprint density at radius 1 is 1.47 bits per heavy atom. The van der Waals surface area contributed by atoms with E-state index < -0.39 is 0 Å². The Balaban J connectivity index is 2.48. The topological polar surface area (TPSA) is 74.2 Å². The van der Waals surface area contributed by atoms with Crippen molar-refractivity contribution < 1.29 is 5.21 Å². The average Bonchev–Trinajstić information content (AvgIpc) is 2.40. The summed E-state index contributed by atoms with van der Waals surface area (Å²) >= 11 is 0. The molecule has 0 fully saturated rings. The van der Waals surface area contributed by atoms with Crippen molar-refractivity contribution in [1.29, 1.82) is 0 Å². The number of oxime groups is 1. The van der Waals surface area contributed by atoms with Gasteiger partial charge in [-0.2, -0.15) is 0 Å². The summed E-state index contributed by atoms with van der Waals surface area (Å²) < 4.78 is 0. The van der Waals surface area contributed by atoms with E-state index in [1.807, 2.05) is 32.2 Å². The van der Waals surface area contributed by atoms with Crippen LogP contribution in [0.1, 0.15) is 18.1 Å². The van der Waals surface area contributed by atoms with Crippen molar-refractivity contribution in [3.63, 3.8) is 0 Å². The Bertz CT molecular complexity index is 575. The fourth-order valence-electron chi connectivity index (χ4n) is 2.04. The summed E-state index contributed by atoms with van der Waals surface area (Å²) in [6, 6.07) is 8.20. The lowest BCUT2D eigenvalue weighted by Crippen LogP contribution is -2.35. The van der Waals surface area contributed by atoms with Gasteiger partial charge in [-0.3, -0.25) is 4.99 Å². The highest BCUT2D eigenvalue weighted by molar-refractivity contribution is 6.46. The van der Waals surface area contributed by atoms with Crippen LogP contribution in [0.2, 0.25) is 0 Å². The zero-order chi connectivity index (χ0) is 14.0. The predicted molar refractivity (Wildman–Crippen MR) is 77.2 cm³/mol. The zero-order valence-electron chi connectivity index (χ0n) is 11.3. The molecule has 0 spiro atoms. The molecular weight excluding hydrogens is 240 g/mol. The third kappa shape index (κ3) is 2.59. The second-order valence-electron chi connectivity index (χ2n) is 4.64. The lowest BCUT2D eigenvalue weighted by atomic mass is 10.0. The standard InChI is InChI=1S/C14H18N4O/c1-9-5-4-6-11(7-9)13-8-12(14(15)17-19)16-10(2)18(13)3/h4-8,10,19H,1-3H3,(H2,15,17). The molecule has 1 unspecified atom stereocenters. The third-order valence-corrected chi connectivity index (χ3v) is 3.22. The monoisotopic (exact) mass is 258 g/mol. The van der Waals surface area contributed by atoms with Gasteiger partial charge in [-0.25, -0.2) is 0 Å². The first-order valence-corrected chi connectivity index (χ1v) is 6.10. The number of nitrogens with zero attached hydrogens (tertiary/aromatic N) is 3. The van der Waals surface area contributed by atoms with Crippen molar-refractivity contribution in [2.24, 2.45) is 15.9 Å². The molecule has 0 saturated carbocycles. The van der Waals surface area contributed by atoms with E-state index in [9.17, 15) is 0 Å². The highest BCUT2D eigenvalue weighted by atomic mass is 16.4. The maximum Gasteiger partial charge on any atom is 0.188 e. The SMILES string of the molecule is Cc1cccc(C2=CC(/C(N)=N/O)=NC(C)N2C)c1. The lowest BCUT2D eigenvalue weighted by Gasteiger charge is -2.31. The van der Waals surface area contributed by atoms with Gasteiger partial charge in [0.25, 0.3) is 0 Å². The summed E-state index contributed by atoms with van der Waals surface area (Å²) in [4.78, 5) is 6.44. The molecule has 5 nitrogen and oxygen atoms in total. The van der Waals surface area contributed by atoms with Crippen LogP contribution in [0.5, 0.6) is 0 Å². The molecule has 0 radical (unpaired) electrons. The van der Waals surface area contributed by atoms with Crippen LogP contribution in [0.4, 0.5) is 0 Å². The van der Waals surface area contributed by atoms with Crippen LogP contribution >= 0.6 is 0 Å². The fourth-order valence-corrected chi connectivity index (χ4v) is 2.04. The number of rotatable bonds is 2. The van der Waals surface area contributed by atoms with Gasteiger partial charge in [0.1, 0.15) is 11.9 Å². The molecule has 0 saturated heterocycles. The molecule has 3 N–H and O–H groups in total. The average molecular weight is 258 g/mol. The summed E-state index contributed by atoms with van der Waals surface area (Å²) in [7, 11) is 1.98. The van der Waals surface area contributed by atoms with Gasteiger partial charge in [0.2, 0.25) is 0 Å². The third-order valence-electron chi connectivity index (χ3n) is 3.22. The van der Waals surface area contributed by atoms with E-state index in [1.165, 1.54) is 5.56 Å². The van der Waals surface area contributed by atoms with Gasteiger partial charge >= 0.3 is 0 Å². The summed E-state index contributed by atoms with van der Waals surface area (Å²) in [5.41, 5.74) is 9.42. The van der Waals surface area contributed by atoms with Crippen molar-refractivity contribution in [1.82, 2.24) is 4.90 Å². The molecule has 0 amide bonds. The van der Waals surface area contributed by atoms with Crippen LogP contribution < -0.4 is 5.73 Å². The normalized spacial score (nSPS) is 20.1. The van der Waals surface area contributed by atoms with Crippen LogP contribution in [-0.4, -0.2) is 34.9 Å². The van der Waals surface area contributed by atoms with Gasteiger partial charge in [-0.05, 0) is 31.6 Å². The molecule has 1 aromatic rings. The molecule has 1 aliphatic heterocycles. The number of hydrogen-bond acceptors (Lipinski definition) is 4. The summed E-state index contributed by atoms with van der Waals surface area (Å²) in [6.45, 7) is 4.02. The van der Waals surface area contributed by atoms with E-state index in [2.05, 4.69) is 34.1 Å². The number of aliphatic imine (C=N–C) groups is 1. The Morgan fingerprint density at radius 3 is 2.84 bits per heavy atom. The first kappa shape index (κ1) is 13.1. The molecule has 1 atom stereocenters. The molecule has 5 heteroatoms. The summed E-state index contributed by atoms with van der Waals surface area (Å²) in [5, 5.41) is 11.8. The van der Waals surface area contributed by atoms with Crippen LogP contribution in [0.25, 0.3) is 5.70 Å². The van der Waals surface area contributed by atoms with E-state index in [-0.39, 0.29) is 12.0 Å². The molecular formula is C14H18N4O. The molecule has 2 rings (SSSR count). The number of nitrogens with two attached hydrogens (primary N) is 1. The van der Waals surface area contributed by atoms with Crippen molar-refractivity contribution in [3.8, 4) is 0 Å². The predicted octanol–water partition coefficient (Wildman–Crippen LogP) is 1.81. The number of amidine groups is 1. The number of hydrogen-bond donors (Lipinski definition) is 2. The lowest BCUT2D eigenvalue weighted by molar-refractivity contribution is 0.319. The largest absolute Gasteiger partial charge is 0.409 e. The van der Waals surface area contributed by atoms with E-state index >= 15 is 0 Å². The molecule has 19 heavy (non-hydrogen) atoms. The van der Waals surface area contributed by atoms with Gasteiger partial charge < -0.3 is 15.8 Å². The van der Waals surface area contributed by atoms with Gasteiger partial charge in [-0.1, -0.05) is 28.9 Å². The van der Waals surface area contributed by atoms with E-state index in [0.29, 0.717) is 5.71 Å². The number of benzene rings is 1. The quantitative estimate of drug-likeness (QED) is 0.368. The smallest absolute Gasteiger partial charge is 0.188 e. The molecule has 0 aliphatic carbocycles. The van der Waals surface area contributed by atoms with Crippen LogP contribution in [0.3, 0.4) is 0 Å². The minimum absolute atomic E-state index is 0.0325. The van der Waals surface area contributed by atoms with Crippen molar-refractivity contribution in [2.45, 2.75) is 20.0 Å². The van der Waals surface area contributed by atoms with Crippen molar-refractivity contribution in [3.05, 3.63) is 41.5 Å². The Labute approximate surface area is 112 Å². The molecule has 0 bridgehead atoms. The Morgan fingerprint density at radius 2 is 2.21 bits per heavy atom. The highest BCUT2D eigenvalue weighted by Gasteiger charge is 2.21. The van der Waals surface area contributed by atoms with E-state index in [0.717, 1.165) is 11.3 Å². The molecule has 1 aromatic carbocycles. The fraction of sp³-hybridized carbons (Fsp3) is 0.286. The van der Waals surface area contributed by atoms with Crippen molar-refractivity contribution in [2.75, 3.05) is 7.05 Å². The molecule has 100 valence electrons. The van der Waals surface area contributed by atoms with Crippen molar-refractivity contribution >= 4 is 17.2 Å². The van der Waals surface area contributed by atoms with Crippen LogP contribution in [0, 0.1) is 6.92 Å². The molecule has 0 aromatic heterocycles. The first-order chi connectivity index (χ1) is 9.02. The second-order valence-corrected chi connectivity index (χ2v) is 4.64. The van der Waals surface area contributed by atoms with Gasteiger partial charge in [0, 0.05) is 12.7 Å². The summed E-state index contributed by atoms with van der Waals surface area (Å²) in [5.74, 6) is 0.0325. The second kappa shape index (κ2) is 5.14. The van der Waals surface area contributed by atoms with Gasteiger partial charge in [0.05, 0.1) is 0 Å². The molecule has 1 aliphatic rings. The van der Waals surface area contributed by atoms with Gasteiger partial charge in [0.15, 0.2) is 5.84 Å². The summed E-state index contributed by atoms with van der Waals surface area (Å²) in [6.07, 6.45) is 1.78. The Hall–Kier alpha value is -2.30. The minimum Gasteiger partial charge on any atom is -0.409 e. The Kier molecular flexibility index (Phi) is 3.55. The van der Waals surface area contributed by atoms with Crippen LogP contribution in [0.15, 0.2) is 40.5 Å². The maximum atomic E-state index is 8.78. The highest BCUT2D eigenvalue weighted by Crippen LogP contribution is 2.24. The molecule has 1 heterocycles. The first-order valence-electron chi connectivity index (χ1n) is 6.10. The maximum absolute atomic E-state index is 8.78. The van der Waals surface area contributed by atoms with E-state index in [4.69, 9.17) is 10.9 Å². The van der Waals surface area contributed by atoms with E-state index in [1.54, 1.807) is 0 Å². The van der Waals surface area contributed by atoms with Gasteiger partial charge in [-0.15, -0.1) is 0 Å².